The Hall–Kier alpha value is -1.59. The van der Waals surface area contributed by atoms with Crippen LogP contribution in [-0.2, 0) is 19.1 Å². The lowest BCUT2D eigenvalue weighted by Crippen LogP contribution is -2.45. The minimum absolute atomic E-state index is 0.132. The fraction of sp³-hybridized carbons (Fsp3) is 0.800. The molecular weight excluding hydrogens is 274 g/mol. The molecule has 21 heavy (non-hydrogen) atoms. The largest absolute Gasteiger partial charge is 0.481 e. The first-order valence-electron chi connectivity index (χ1n) is 7.41. The molecule has 0 radical (unpaired) electrons. The fourth-order valence-corrected chi connectivity index (χ4v) is 2.95. The first-order valence-corrected chi connectivity index (χ1v) is 7.41. The number of methoxy groups -OCH3 is 1. The number of carboxylic acids is 1. The van der Waals surface area contributed by atoms with E-state index < -0.39 is 23.8 Å². The van der Waals surface area contributed by atoms with Crippen LogP contribution in [-0.4, -0.2) is 47.5 Å². The average Bonchev–Trinajstić information content (AvgIpc) is 2.87. The highest BCUT2D eigenvalue weighted by Crippen LogP contribution is 2.39. The summed E-state index contributed by atoms with van der Waals surface area (Å²) in [5, 5.41) is 9.33. The zero-order chi connectivity index (χ0) is 16.2. The molecule has 0 aliphatic heterocycles. The lowest BCUT2D eigenvalue weighted by molar-refractivity contribution is -0.153. The molecule has 1 aliphatic carbocycles. The van der Waals surface area contributed by atoms with Crippen molar-refractivity contribution < 1.29 is 24.2 Å². The van der Waals surface area contributed by atoms with E-state index in [1.54, 1.807) is 0 Å². The summed E-state index contributed by atoms with van der Waals surface area (Å²) in [4.78, 5) is 36.9. The molecular formula is C15H25NO5. The van der Waals surface area contributed by atoms with E-state index in [4.69, 9.17) is 0 Å². The molecule has 1 saturated carbocycles. The third-order valence-corrected chi connectivity index (χ3v) is 4.31. The molecule has 3 atom stereocenters. The van der Waals surface area contributed by atoms with Gasteiger partial charge < -0.3 is 14.7 Å². The van der Waals surface area contributed by atoms with E-state index >= 15 is 0 Å². The van der Waals surface area contributed by atoms with Gasteiger partial charge >= 0.3 is 11.9 Å². The van der Waals surface area contributed by atoms with Crippen LogP contribution >= 0.6 is 0 Å². The van der Waals surface area contributed by atoms with E-state index in [2.05, 4.69) is 4.74 Å². The summed E-state index contributed by atoms with van der Waals surface area (Å²) >= 11 is 0. The van der Waals surface area contributed by atoms with Crippen LogP contribution in [0.2, 0.25) is 0 Å². The number of ether oxygens (including phenoxy) is 1. The van der Waals surface area contributed by atoms with Gasteiger partial charge in [-0.1, -0.05) is 13.3 Å². The highest BCUT2D eigenvalue weighted by molar-refractivity contribution is 5.88. The summed E-state index contributed by atoms with van der Waals surface area (Å²) < 4.78 is 4.61. The summed E-state index contributed by atoms with van der Waals surface area (Å²) in [6, 6.07) is -0.174. The molecule has 0 spiro atoms. The quantitative estimate of drug-likeness (QED) is 0.752. The molecule has 0 aromatic carbocycles. The van der Waals surface area contributed by atoms with Gasteiger partial charge in [0.25, 0.3) is 0 Å². The van der Waals surface area contributed by atoms with Crippen molar-refractivity contribution >= 4 is 17.8 Å². The maximum atomic E-state index is 12.7. The molecule has 0 saturated heterocycles. The number of carbonyl (C=O) groups excluding carboxylic acids is 2. The Morgan fingerprint density at radius 1 is 1.24 bits per heavy atom. The van der Waals surface area contributed by atoms with Gasteiger partial charge in [-0.3, -0.25) is 14.4 Å². The SMILES string of the molecule is CCC1C[C@H](C(=O)N(CC(=O)OC)C(C)C)[C@H](C(=O)O)C1. The maximum absolute atomic E-state index is 12.7. The van der Waals surface area contributed by atoms with Crippen molar-refractivity contribution in [1.29, 1.82) is 0 Å². The third-order valence-electron chi connectivity index (χ3n) is 4.31. The Labute approximate surface area is 125 Å². The zero-order valence-corrected chi connectivity index (χ0v) is 13.2. The number of aliphatic carboxylic acids is 1. The highest BCUT2D eigenvalue weighted by Gasteiger charge is 2.44. The third kappa shape index (κ3) is 4.19. The van der Waals surface area contributed by atoms with E-state index in [9.17, 15) is 19.5 Å². The summed E-state index contributed by atoms with van der Waals surface area (Å²) in [5.41, 5.74) is 0. The Morgan fingerprint density at radius 3 is 2.24 bits per heavy atom. The van der Waals surface area contributed by atoms with Crippen LogP contribution < -0.4 is 0 Å². The smallest absolute Gasteiger partial charge is 0.325 e. The first kappa shape index (κ1) is 17.5. The van der Waals surface area contributed by atoms with E-state index in [0.717, 1.165) is 6.42 Å². The van der Waals surface area contributed by atoms with Crippen molar-refractivity contribution in [3.63, 3.8) is 0 Å². The molecule has 0 aromatic heterocycles. The van der Waals surface area contributed by atoms with Gasteiger partial charge in [0.15, 0.2) is 0 Å². The Balaban J connectivity index is 2.90. The first-order chi connectivity index (χ1) is 9.81. The molecule has 1 aliphatic rings. The average molecular weight is 299 g/mol. The van der Waals surface area contributed by atoms with Gasteiger partial charge in [-0.15, -0.1) is 0 Å². The van der Waals surface area contributed by atoms with Crippen molar-refractivity contribution in [2.45, 2.75) is 46.1 Å². The predicted molar refractivity (Wildman–Crippen MR) is 76.5 cm³/mol. The number of carbonyl (C=O) groups is 3. The van der Waals surface area contributed by atoms with Gasteiger partial charge in [0.05, 0.1) is 18.9 Å². The maximum Gasteiger partial charge on any atom is 0.325 e. The topological polar surface area (TPSA) is 83.9 Å². The molecule has 1 unspecified atom stereocenters. The van der Waals surface area contributed by atoms with E-state index in [1.165, 1.54) is 12.0 Å². The number of rotatable bonds is 6. The van der Waals surface area contributed by atoms with Crippen LogP contribution in [0.3, 0.4) is 0 Å². The second kappa shape index (κ2) is 7.43. The van der Waals surface area contributed by atoms with Gasteiger partial charge in [0.2, 0.25) is 5.91 Å². The molecule has 6 heteroatoms. The number of amides is 1. The summed E-state index contributed by atoms with van der Waals surface area (Å²) in [6.45, 7) is 5.49. The molecule has 120 valence electrons. The minimum atomic E-state index is -0.925. The summed E-state index contributed by atoms with van der Waals surface area (Å²) in [7, 11) is 1.27. The Morgan fingerprint density at radius 2 is 1.81 bits per heavy atom. The number of hydrogen-bond donors (Lipinski definition) is 1. The second-order valence-corrected chi connectivity index (χ2v) is 5.93. The molecule has 1 amide bonds. The van der Waals surface area contributed by atoms with Crippen molar-refractivity contribution in [3.05, 3.63) is 0 Å². The normalized spacial score (nSPS) is 24.9. The van der Waals surface area contributed by atoms with Gasteiger partial charge in [-0.2, -0.15) is 0 Å². The molecule has 0 heterocycles. The van der Waals surface area contributed by atoms with E-state index in [1.807, 2.05) is 20.8 Å². The monoisotopic (exact) mass is 299 g/mol. The Kier molecular flexibility index (Phi) is 6.18. The number of carboxylic acid groups (broad SMARTS) is 1. The van der Waals surface area contributed by atoms with Crippen LogP contribution in [0, 0.1) is 17.8 Å². The van der Waals surface area contributed by atoms with Crippen LogP contribution in [0.5, 0.6) is 0 Å². The molecule has 1 fully saturated rings. The van der Waals surface area contributed by atoms with Gasteiger partial charge in [0, 0.05) is 6.04 Å². The molecule has 1 rings (SSSR count). The molecule has 0 aromatic rings. The number of hydrogen-bond acceptors (Lipinski definition) is 4. The molecule has 1 N–H and O–H groups in total. The lowest BCUT2D eigenvalue weighted by atomic mass is 9.94. The van der Waals surface area contributed by atoms with Gasteiger partial charge in [-0.25, -0.2) is 0 Å². The predicted octanol–water partition coefficient (Wildman–Crippen LogP) is 1.53. The standard InChI is InChI=1S/C15H25NO5/c1-5-10-6-11(12(7-10)15(19)20)14(18)16(9(2)3)8-13(17)21-4/h9-12H,5-8H2,1-4H3,(H,19,20)/t10?,11-,12+/m0/s1. The molecule has 0 bridgehead atoms. The molecule has 6 nitrogen and oxygen atoms in total. The lowest BCUT2D eigenvalue weighted by Gasteiger charge is -2.29. The fourth-order valence-electron chi connectivity index (χ4n) is 2.95. The Bertz CT molecular complexity index is 407. The van der Waals surface area contributed by atoms with Gasteiger partial charge in [0.1, 0.15) is 6.54 Å². The van der Waals surface area contributed by atoms with Crippen LogP contribution in [0.25, 0.3) is 0 Å². The van der Waals surface area contributed by atoms with Crippen molar-refractivity contribution in [2.75, 3.05) is 13.7 Å². The second-order valence-electron chi connectivity index (χ2n) is 5.93. The van der Waals surface area contributed by atoms with E-state index in [0.29, 0.717) is 12.8 Å². The summed E-state index contributed by atoms with van der Waals surface area (Å²) in [5.74, 6) is -2.60. The van der Waals surface area contributed by atoms with E-state index in [-0.39, 0.29) is 24.4 Å². The summed E-state index contributed by atoms with van der Waals surface area (Å²) in [6.07, 6.45) is 1.98. The van der Waals surface area contributed by atoms with Crippen LogP contribution in [0.15, 0.2) is 0 Å². The van der Waals surface area contributed by atoms with Crippen LogP contribution in [0.1, 0.15) is 40.0 Å². The minimum Gasteiger partial charge on any atom is -0.481 e. The van der Waals surface area contributed by atoms with Gasteiger partial charge in [-0.05, 0) is 32.6 Å². The number of nitrogens with zero attached hydrogens (tertiary/aromatic N) is 1. The number of esters is 1. The van der Waals surface area contributed by atoms with Crippen molar-refractivity contribution in [1.82, 2.24) is 4.90 Å². The van der Waals surface area contributed by atoms with Crippen molar-refractivity contribution in [3.8, 4) is 0 Å². The highest BCUT2D eigenvalue weighted by atomic mass is 16.5. The van der Waals surface area contributed by atoms with Crippen molar-refractivity contribution in [2.24, 2.45) is 17.8 Å². The van der Waals surface area contributed by atoms with Crippen LogP contribution in [0.4, 0.5) is 0 Å². The zero-order valence-electron chi connectivity index (χ0n) is 13.2.